The van der Waals surface area contributed by atoms with Crippen molar-refractivity contribution >= 4 is 30.0 Å². The zero-order valence-electron chi connectivity index (χ0n) is 16.2. The molecule has 0 aromatic carbocycles. The molecule has 1 aromatic rings. The average Bonchev–Trinajstić information content (AvgIpc) is 2.90. The summed E-state index contributed by atoms with van der Waals surface area (Å²) in [6.07, 6.45) is 7.38. The Morgan fingerprint density at radius 1 is 1.37 bits per heavy atom. The highest BCUT2D eigenvalue weighted by molar-refractivity contribution is 5.85. The second-order valence-electron chi connectivity index (χ2n) is 8.07. The van der Waals surface area contributed by atoms with E-state index in [9.17, 15) is 9.59 Å². The van der Waals surface area contributed by atoms with Crippen LogP contribution in [0.2, 0.25) is 0 Å². The number of amides is 1. The van der Waals surface area contributed by atoms with E-state index in [1.807, 2.05) is 17.2 Å². The monoisotopic (exact) mass is 395 g/mol. The number of aliphatic carboxylic acids is 1. The van der Waals surface area contributed by atoms with Crippen molar-refractivity contribution in [2.75, 3.05) is 32.1 Å². The van der Waals surface area contributed by atoms with E-state index < -0.39 is 5.97 Å². The molecule has 1 saturated heterocycles. The largest absolute Gasteiger partial charge is 0.481 e. The van der Waals surface area contributed by atoms with E-state index in [1.165, 1.54) is 11.4 Å². The second-order valence-corrected chi connectivity index (χ2v) is 8.07. The Morgan fingerprint density at radius 2 is 2.07 bits per heavy atom. The van der Waals surface area contributed by atoms with Crippen molar-refractivity contribution in [1.29, 1.82) is 0 Å². The van der Waals surface area contributed by atoms with Gasteiger partial charge in [-0.05, 0) is 49.7 Å². The average molecular weight is 396 g/mol. The first-order valence-electron chi connectivity index (χ1n) is 9.52. The maximum absolute atomic E-state index is 12.4. The molecule has 1 spiro atoms. The lowest BCUT2D eigenvalue weighted by atomic mass is 9.69. The van der Waals surface area contributed by atoms with Crippen LogP contribution in [0.15, 0.2) is 18.3 Å². The maximum atomic E-state index is 12.4. The number of carboxylic acid groups (broad SMARTS) is 1. The predicted molar refractivity (Wildman–Crippen MR) is 108 cm³/mol. The minimum atomic E-state index is -0.793. The number of pyridine rings is 1. The van der Waals surface area contributed by atoms with Crippen molar-refractivity contribution in [3.8, 4) is 0 Å². The van der Waals surface area contributed by atoms with Crippen LogP contribution in [0.1, 0.15) is 56.6 Å². The third-order valence-electron chi connectivity index (χ3n) is 5.95. The van der Waals surface area contributed by atoms with Crippen LogP contribution in [-0.2, 0) is 9.59 Å². The van der Waals surface area contributed by atoms with Gasteiger partial charge in [-0.25, -0.2) is 0 Å². The van der Waals surface area contributed by atoms with Crippen molar-refractivity contribution < 1.29 is 14.7 Å². The number of hydrogen-bond acceptors (Lipinski definition) is 4. The molecule has 2 aliphatic rings. The summed E-state index contributed by atoms with van der Waals surface area (Å²) >= 11 is 0. The van der Waals surface area contributed by atoms with Gasteiger partial charge in [0.25, 0.3) is 0 Å². The van der Waals surface area contributed by atoms with Crippen molar-refractivity contribution in [2.45, 2.75) is 50.9 Å². The molecular formula is C20H30ClN3O3. The Balaban J connectivity index is 0.00000261. The van der Waals surface area contributed by atoms with Gasteiger partial charge in [-0.15, -0.1) is 12.4 Å². The van der Waals surface area contributed by atoms with E-state index in [2.05, 4.69) is 30.0 Å². The first-order chi connectivity index (χ1) is 12.4. The Hall–Kier alpha value is -1.82. The normalized spacial score (nSPS) is 24.7. The smallest absolute Gasteiger partial charge is 0.303 e. The number of carboxylic acids is 1. The molecule has 150 valence electrons. The number of anilines is 1. The van der Waals surface area contributed by atoms with Crippen LogP contribution in [0, 0.1) is 5.41 Å². The van der Waals surface area contributed by atoms with Crippen LogP contribution in [0.3, 0.4) is 0 Å². The topological polar surface area (TPSA) is 73.7 Å². The molecule has 0 radical (unpaired) electrons. The SMILES string of the molecule is CN(C)c1cccnc1C1CCC2(CC1)CC(=O)N(CCCC(=O)O)C2.Cl. The van der Waals surface area contributed by atoms with Gasteiger partial charge in [-0.3, -0.25) is 14.6 Å². The van der Waals surface area contributed by atoms with Crippen LogP contribution >= 0.6 is 12.4 Å². The van der Waals surface area contributed by atoms with Gasteiger partial charge < -0.3 is 14.9 Å². The third kappa shape index (κ3) is 4.92. The highest BCUT2D eigenvalue weighted by atomic mass is 35.5. The van der Waals surface area contributed by atoms with Crippen molar-refractivity contribution in [3.63, 3.8) is 0 Å². The highest BCUT2D eigenvalue weighted by Gasteiger charge is 2.45. The predicted octanol–water partition coefficient (Wildman–Crippen LogP) is 3.31. The molecule has 0 unspecified atom stereocenters. The maximum Gasteiger partial charge on any atom is 0.303 e. The Kier molecular flexibility index (Phi) is 7.09. The molecule has 0 atom stereocenters. The van der Waals surface area contributed by atoms with Crippen LogP contribution < -0.4 is 4.90 Å². The summed E-state index contributed by atoms with van der Waals surface area (Å²) < 4.78 is 0. The van der Waals surface area contributed by atoms with Gasteiger partial charge >= 0.3 is 5.97 Å². The summed E-state index contributed by atoms with van der Waals surface area (Å²) in [7, 11) is 4.10. The van der Waals surface area contributed by atoms with Crippen LogP contribution in [0.4, 0.5) is 5.69 Å². The summed E-state index contributed by atoms with van der Waals surface area (Å²) in [6, 6.07) is 4.10. The molecule has 27 heavy (non-hydrogen) atoms. The molecule has 1 N–H and O–H groups in total. The van der Waals surface area contributed by atoms with E-state index in [1.54, 1.807) is 0 Å². The summed E-state index contributed by atoms with van der Waals surface area (Å²) in [4.78, 5) is 31.7. The molecule has 2 fully saturated rings. The van der Waals surface area contributed by atoms with Gasteiger partial charge in [0.2, 0.25) is 5.91 Å². The number of aromatic nitrogens is 1. The van der Waals surface area contributed by atoms with Crippen LogP contribution in [-0.4, -0.2) is 54.1 Å². The molecule has 7 heteroatoms. The van der Waals surface area contributed by atoms with Crippen molar-refractivity contribution in [2.24, 2.45) is 5.41 Å². The standard InChI is InChI=1S/C20H29N3O3.ClH/c1-22(2)16-5-3-11-21-19(16)15-7-9-20(10-8-15)13-17(24)23(14-20)12-4-6-18(25)26;/h3,5,11,15H,4,6-10,12-14H2,1-2H3,(H,25,26);1H. The number of rotatable bonds is 6. The lowest BCUT2D eigenvalue weighted by Gasteiger charge is -2.37. The Morgan fingerprint density at radius 3 is 2.70 bits per heavy atom. The number of carbonyl (C=O) groups is 2. The van der Waals surface area contributed by atoms with Gasteiger partial charge in [-0.1, -0.05) is 0 Å². The molecule has 1 aliphatic carbocycles. The van der Waals surface area contributed by atoms with Gasteiger partial charge in [0, 0.05) is 52.1 Å². The van der Waals surface area contributed by atoms with Crippen molar-refractivity contribution in [3.05, 3.63) is 24.0 Å². The fourth-order valence-electron chi connectivity index (χ4n) is 4.55. The van der Waals surface area contributed by atoms with Gasteiger partial charge in [-0.2, -0.15) is 0 Å². The van der Waals surface area contributed by atoms with Gasteiger partial charge in [0.05, 0.1) is 11.4 Å². The van der Waals surface area contributed by atoms with Gasteiger partial charge in [0.1, 0.15) is 0 Å². The molecule has 0 bridgehead atoms. The summed E-state index contributed by atoms with van der Waals surface area (Å²) in [5, 5.41) is 8.78. The third-order valence-corrected chi connectivity index (χ3v) is 5.95. The first kappa shape index (κ1) is 21.5. The van der Waals surface area contributed by atoms with Gasteiger partial charge in [0.15, 0.2) is 0 Å². The fourth-order valence-corrected chi connectivity index (χ4v) is 4.55. The highest BCUT2D eigenvalue weighted by Crippen LogP contribution is 2.49. The molecular weight excluding hydrogens is 366 g/mol. The fraction of sp³-hybridized carbons (Fsp3) is 0.650. The summed E-state index contributed by atoms with van der Waals surface area (Å²) in [5.74, 6) is -0.144. The molecule has 1 saturated carbocycles. The minimum absolute atomic E-state index is 0. The number of nitrogens with zero attached hydrogens (tertiary/aromatic N) is 3. The molecule has 1 amide bonds. The van der Waals surface area contributed by atoms with Crippen molar-refractivity contribution in [1.82, 2.24) is 9.88 Å². The number of halogens is 1. The van der Waals surface area contributed by atoms with Crippen LogP contribution in [0.25, 0.3) is 0 Å². The van der Waals surface area contributed by atoms with E-state index in [0.717, 1.165) is 32.2 Å². The summed E-state index contributed by atoms with van der Waals surface area (Å²) in [5.41, 5.74) is 2.45. The number of likely N-dealkylation sites (tertiary alicyclic amines) is 1. The molecule has 1 aromatic heterocycles. The lowest BCUT2D eigenvalue weighted by molar-refractivity contribution is -0.137. The Bertz CT molecular complexity index is 672. The summed E-state index contributed by atoms with van der Waals surface area (Å²) in [6.45, 7) is 1.36. The molecule has 2 heterocycles. The quantitative estimate of drug-likeness (QED) is 0.799. The van der Waals surface area contributed by atoms with E-state index in [-0.39, 0.29) is 30.2 Å². The van der Waals surface area contributed by atoms with E-state index in [0.29, 0.717) is 25.3 Å². The zero-order chi connectivity index (χ0) is 18.7. The zero-order valence-corrected chi connectivity index (χ0v) is 17.0. The first-order valence-corrected chi connectivity index (χ1v) is 9.52. The van der Waals surface area contributed by atoms with Crippen LogP contribution in [0.5, 0.6) is 0 Å². The minimum Gasteiger partial charge on any atom is -0.481 e. The molecule has 3 rings (SSSR count). The van der Waals surface area contributed by atoms with E-state index >= 15 is 0 Å². The molecule has 6 nitrogen and oxygen atoms in total. The number of hydrogen-bond donors (Lipinski definition) is 1. The molecule has 1 aliphatic heterocycles. The second kappa shape index (κ2) is 8.91. The van der Waals surface area contributed by atoms with E-state index in [4.69, 9.17) is 5.11 Å². The lowest BCUT2D eigenvalue weighted by Crippen LogP contribution is -2.32. The number of carbonyl (C=O) groups excluding carboxylic acids is 1. The Labute approximate surface area is 167 Å².